The number of rotatable bonds is 11. The van der Waals surface area contributed by atoms with Gasteiger partial charge in [0.25, 0.3) is 0 Å². The Morgan fingerprint density at radius 3 is 2.43 bits per heavy atom. The van der Waals surface area contributed by atoms with Crippen LogP contribution in [0.3, 0.4) is 0 Å². The van der Waals surface area contributed by atoms with Gasteiger partial charge in [0.05, 0.1) is 19.1 Å². The van der Waals surface area contributed by atoms with Crippen LogP contribution in [0.5, 0.6) is 5.75 Å². The summed E-state index contributed by atoms with van der Waals surface area (Å²) in [6.07, 6.45) is 6.55. The van der Waals surface area contributed by atoms with Crippen LogP contribution in [0.4, 0.5) is 5.69 Å². The lowest BCUT2D eigenvalue weighted by molar-refractivity contribution is -0.140. The van der Waals surface area contributed by atoms with Crippen molar-refractivity contribution in [1.29, 1.82) is 0 Å². The van der Waals surface area contributed by atoms with Crippen molar-refractivity contribution in [2.24, 2.45) is 0 Å². The quantitative estimate of drug-likeness (QED) is 0.449. The maximum absolute atomic E-state index is 13.8. The van der Waals surface area contributed by atoms with Crippen molar-refractivity contribution in [3.8, 4) is 5.75 Å². The zero-order valence-electron chi connectivity index (χ0n) is 21.7. The van der Waals surface area contributed by atoms with E-state index in [4.69, 9.17) is 16.3 Å². The molecule has 0 spiro atoms. The van der Waals surface area contributed by atoms with Crippen LogP contribution in [0.25, 0.3) is 0 Å². The van der Waals surface area contributed by atoms with Crippen molar-refractivity contribution in [3.63, 3.8) is 0 Å². The number of nitrogens with one attached hydrogen (secondary N) is 1. The predicted octanol–water partition coefficient (Wildman–Crippen LogP) is 4.37. The fourth-order valence-electron chi connectivity index (χ4n) is 4.68. The molecule has 2 aromatic rings. The van der Waals surface area contributed by atoms with Gasteiger partial charge in [0.15, 0.2) is 0 Å². The van der Waals surface area contributed by atoms with Crippen LogP contribution in [0.15, 0.2) is 48.5 Å². The largest absolute Gasteiger partial charge is 0.497 e. The highest BCUT2D eigenvalue weighted by molar-refractivity contribution is 7.92. The van der Waals surface area contributed by atoms with Crippen LogP contribution in [0.2, 0.25) is 5.02 Å². The maximum Gasteiger partial charge on any atom is 0.244 e. The molecule has 1 aliphatic carbocycles. The summed E-state index contributed by atoms with van der Waals surface area (Å²) in [6.45, 7) is 1.51. The molecule has 10 heteroatoms. The first-order valence-electron chi connectivity index (χ1n) is 12.6. The van der Waals surface area contributed by atoms with Crippen molar-refractivity contribution in [1.82, 2.24) is 10.2 Å². The standard InChI is InChI=1S/C27H36ClN3O5S/c1-4-25(27(33)29-22-12-6-5-7-13-22)30(18-20-10-8-15-24(16-20)36-2)26(32)19-31(37(3,34)35)23-14-9-11-21(28)17-23/h8-11,14-17,22,25H,4-7,12-13,18-19H2,1-3H3,(H,29,33). The molecular weight excluding hydrogens is 514 g/mol. The molecule has 202 valence electrons. The molecule has 1 fully saturated rings. The number of benzene rings is 2. The van der Waals surface area contributed by atoms with Crippen LogP contribution in [0.1, 0.15) is 51.0 Å². The number of amides is 2. The third-order valence-corrected chi connectivity index (χ3v) is 7.98. The Morgan fingerprint density at radius 1 is 1.11 bits per heavy atom. The Morgan fingerprint density at radius 2 is 1.81 bits per heavy atom. The summed E-state index contributed by atoms with van der Waals surface area (Å²) < 4.78 is 31.7. The number of hydrogen-bond donors (Lipinski definition) is 1. The first-order chi connectivity index (χ1) is 17.6. The number of ether oxygens (including phenoxy) is 1. The Kier molecular flexibility index (Phi) is 10.2. The van der Waals surface area contributed by atoms with Gasteiger partial charge >= 0.3 is 0 Å². The van der Waals surface area contributed by atoms with Crippen LogP contribution in [0, 0.1) is 0 Å². The Bertz CT molecular complexity index is 1180. The number of anilines is 1. The molecule has 1 atom stereocenters. The Balaban J connectivity index is 1.92. The summed E-state index contributed by atoms with van der Waals surface area (Å²) in [5.74, 6) is -0.0838. The highest BCUT2D eigenvalue weighted by Gasteiger charge is 2.33. The number of nitrogens with zero attached hydrogens (tertiary/aromatic N) is 2. The number of hydrogen-bond acceptors (Lipinski definition) is 5. The molecule has 3 rings (SSSR count). The highest BCUT2D eigenvalue weighted by atomic mass is 35.5. The topological polar surface area (TPSA) is 96.0 Å². The van der Waals surface area contributed by atoms with Gasteiger partial charge in [-0.2, -0.15) is 0 Å². The Hall–Kier alpha value is -2.78. The van der Waals surface area contributed by atoms with Gasteiger partial charge in [0.2, 0.25) is 21.8 Å². The second kappa shape index (κ2) is 13.1. The molecule has 1 unspecified atom stereocenters. The van der Waals surface area contributed by atoms with E-state index in [1.807, 2.05) is 19.1 Å². The molecule has 0 aliphatic heterocycles. The van der Waals surface area contributed by atoms with Gasteiger partial charge in [-0.25, -0.2) is 8.42 Å². The smallest absolute Gasteiger partial charge is 0.244 e. The minimum atomic E-state index is -3.82. The van der Waals surface area contributed by atoms with E-state index in [0.717, 1.165) is 48.2 Å². The summed E-state index contributed by atoms with van der Waals surface area (Å²) in [7, 11) is -2.26. The van der Waals surface area contributed by atoms with Crippen LogP contribution < -0.4 is 14.4 Å². The summed E-state index contributed by atoms with van der Waals surface area (Å²) >= 11 is 6.10. The van der Waals surface area contributed by atoms with Crippen molar-refractivity contribution in [2.45, 2.75) is 64.1 Å². The molecule has 2 aromatic carbocycles. The van der Waals surface area contributed by atoms with Crippen LogP contribution in [-0.2, 0) is 26.2 Å². The van der Waals surface area contributed by atoms with E-state index in [2.05, 4.69) is 5.32 Å². The molecule has 0 bridgehead atoms. The van der Waals surface area contributed by atoms with Crippen LogP contribution >= 0.6 is 11.6 Å². The molecule has 0 saturated heterocycles. The Labute approximate surface area is 225 Å². The normalized spacial score (nSPS) is 15.0. The molecule has 1 aliphatic rings. The molecule has 1 N–H and O–H groups in total. The molecule has 37 heavy (non-hydrogen) atoms. The molecule has 2 amide bonds. The zero-order valence-corrected chi connectivity index (χ0v) is 23.2. The third-order valence-electron chi connectivity index (χ3n) is 6.60. The summed E-state index contributed by atoms with van der Waals surface area (Å²) in [6, 6.07) is 12.9. The fourth-order valence-corrected chi connectivity index (χ4v) is 5.70. The monoisotopic (exact) mass is 549 g/mol. The van der Waals surface area contributed by atoms with Gasteiger partial charge in [-0.3, -0.25) is 13.9 Å². The number of carbonyl (C=O) groups excluding carboxylic acids is 2. The molecule has 8 nitrogen and oxygen atoms in total. The molecule has 1 saturated carbocycles. The zero-order chi connectivity index (χ0) is 27.0. The highest BCUT2D eigenvalue weighted by Crippen LogP contribution is 2.24. The van der Waals surface area contributed by atoms with E-state index in [-0.39, 0.29) is 24.2 Å². The first kappa shape index (κ1) is 28.8. The maximum atomic E-state index is 13.8. The van der Waals surface area contributed by atoms with Gasteiger partial charge in [-0.05, 0) is 55.2 Å². The molecule has 0 heterocycles. The predicted molar refractivity (Wildman–Crippen MR) is 146 cm³/mol. The van der Waals surface area contributed by atoms with E-state index in [0.29, 0.717) is 17.2 Å². The van der Waals surface area contributed by atoms with Gasteiger partial charge in [0, 0.05) is 17.6 Å². The lowest BCUT2D eigenvalue weighted by atomic mass is 9.95. The van der Waals surface area contributed by atoms with Crippen molar-refractivity contribution < 1.29 is 22.7 Å². The van der Waals surface area contributed by atoms with E-state index >= 15 is 0 Å². The van der Waals surface area contributed by atoms with Gasteiger partial charge in [-0.1, -0.05) is 56.0 Å². The van der Waals surface area contributed by atoms with Crippen molar-refractivity contribution >= 4 is 39.1 Å². The molecule has 0 radical (unpaired) electrons. The van der Waals surface area contributed by atoms with Crippen LogP contribution in [-0.4, -0.2) is 57.1 Å². The average molecular weight is 550 g/mol. The van der Waals surface area contributed by atoms with Crippen molar-refractivity contribution in [3.05, 3.63) is 59.1 Å². The summed E-state index contributed by atoms with van der Waals surface area (Å²) in [5, 5.41) is 3.48. The fraction of sp³-hybridized carbons (Fsp3) is 0.481. The summed E-state index contributed by atoms with van der Waals surface area (Å²) in [5.41, 5.74) is 1.05. The summed E-state index contributed by atoms with van der Waals surface area (Å²) in [4.78, 5) is 28.7. The number of carbonyl (C=O) groups is 2. The lowest BCUT2D eigenvalue weighted by Crippen LogP contribution is -2.53. The number of sulfonamides is 1. The lowest BCUT2D eigenvalue weighted by Gasteiger charge is -2.34. The SMILES string of the molecule is CCC(C(=O)NC1CCCCC1)N(Cc1cccc(OC)c1)C(=O)CN(c1cccc(Cl)c1)S(C)(=O)=O. The average Bonchev–Trinajstić information content (AvgIpc) is 2.87. The second-order valence-electron chi connectivity index (χ2n) is 9.39. The van der Waals surface area contributed by atoms with Gasteiger partial charge in [0.1, 0.15) is 18.3 Å². The number of methoxy groups -OCH3 is 1. The second-order valence-corrected chi connectivity index (χ2v) is 11.7. The number of halogens is 1. The van der Waals surface area contributed by atoms with E-state index in [1.165, 1.54) is 11.0 Å². The van der Waals surface area contributed by atoms with Crippen molar-refractivity contribution in [2.75, 3.05) is 24.2 Å². The van der Waals surface area contributed by atoms with E-state index in [1.54, 1.807) is 37.4 Å². The molecule has 0 aromatic heterocycles. The minimum absolute atomic E-state index is 0.0862. The molecular formula is C27H36ClN3O5S. The third kappa shape index (κ3) is 8.10. The first-order valence-corrected chi connectivity index (χ1v) is 14.8. The van der Waals surface area contributed by atoms with Gasteiger partial charge < -0.3 is 15.0 Å². The van der Waals surface area contributed by atoms with E-state index in [9.17, 15) is 18.0 Å². The van der Waals surface area contributed by atoms with Gasteiger partial charge in [-0.15, -0.1) is 0 Å². The minimum Gasteiger partial charge on any atom is -0.497 e. The van der Waals surface area contributed by atoms with E-state index < -0.39 is 28.5 Å².